The molecule has 0 saturated heterocycles. The van der Waals surface area contributed by atoms with Crippen molar-refractivity contribution >= 4 is 34.2 Å². The maximum atomic E-state index is 14.2. The van der Waals surface area contributed by atoms with E-state index in [-0.39, 0.29) is 47.0 Å². The number of alkyl halides is 2. The number of aryl methyl sites for hydroxylation is 3. The molecule has 0 radical (unpaired) electrons. The van der Waals surface area contributed by atoms with Crippen molar-refractivity contribution in [3.63, 3.8) is 0 Å². The molecule has 64 heavy (non-hydrogen) atoms. The molecule has 14 nitrogen and oxygen atoms in total. The van der Waals surface area contributed by atoms with Crippen molar-refractivity contribution in [1.82, 2.24) is 33.8 Å². The van der Waals surface area contributed by atoms with Gasteiger partial charge >= 0.3 is 5.69 Å². The van der Waals surface area contributed by atoms with Crippen molar-refractivity contribution in [2.24, 2.45) is 18.9 Å². The summed E-state index contributed by atoms with van der Waals surface area (Å²) in [5.41, 5.74) is 3.54. The predicted molar refractivity (Wildman–Crippen MR) is 235 cm³/mol. The van der Waals surface area contributed by atoms with Crippen molar-refractivity contribution < 1.29 is 32.3 Å². The third-order valence-corrected chi connectivity index (χ3v) is 13.7. The molecule has 1 atom stereocenters. The van der Waals surface area contributed by atoms with Gasteiger partial charge in [-0.1, -0.05) is 25.0 Å². The highest BCUT2D eigenvalue weighted by Gasteiger charge is 2.34. The molecular formula is C48H58F2N8O6. The Balaban J connectivity index is 0.719. The highest BCUT2D eigenvalue weighted by molar-refractivity contribution is 6.04. The lowest BCUT2D eigenvalue weighted by Gasteiger charge is -2.33. The molecule has 340 valence electrons. The number of anilines is 1. The number of amides is 1. The normalized spacial score (nSPS) is 20.5. The number of para-hydroxylation sites is 1. The van der Waals surface area contributed by atoms with Gasteiger partial charge in [-0.2, -0.15) is 5.10 Å². The van der Waals surface area contributed by atoms with E-state index in [0.717, 1.165) is 99.1 Å². The first kappa shape index (κ1) is 43.9. The van der Waals surface area contributed by atoms with E-state index in [9.17, 15) is 28.0 Å². The monoisotopic (exact) mass is 880 g/mol. The number of nitrogens with one attached hydrogen (secondary N) is 1. The van der Waals surface area contributed by atoms with Gasteiger partial charge in [-0.05, 0) is 113 Å². The summed E-state index contributed by atoms with van der Waals surface area (Å²) in [4.78, 5) is 62.5. The molecule has 0 aliphatic heterocycles. The van der Waals surface area contributed by atoms with Gasteiger partial charge in [-0.25, -0.2) is 18.6 Å². The van der Waals surface area contributed by atoms with Gasteiger partial charge in [0.2, 0.25) is 5.89 Å². The summed E-state index contributed by atoms with van der Waals surface area (Å²) in [5, 5.41) is 6.90. The summed E-state index contributed by atoms with van der Waals surface area (Å²) in [7, 11) is 1.74. The first-order valence-electron chi connectivity index (χ1n) is 23.2. The van der Waals surface area contributed by atoms with Crippen LogP contribution in [0.3, 0.4) is 0 Å². The number of carbonyl (C=O) groups excluding carboxylic acids is 3. The van der Waals surface area contributed by atoms with Gasteiger partial charge in [-0.3, -0.25) is 33.2 Å². The largest absolute Gasteiger partial charge is 0.444 e. The minimum Gasteiger partial charge on any atom is -0.444 e. The molecule has 4 saturated carbocycles. The van der Waals surface area contributed by atoms with Crippen LogP contribution in [0.15, 0.2) is 58.2 Å². The summed E-state index contributed by atoms with van der Waals surface area (Å²) in [6, 6.07) is 9.49. The van der Waals surface area contributed by atoms with Gasteiger partial charge < -0.3 is 19.4 Å². The van der Waals surface area contributed by atoms with Gasteiger partial charge in [0.05, 0.1) is 35.2 Å². The van der Waals surface area contributed by atoms with Gasteiger partial charge in [0.15, 0.2) is 17.2 Å². The van der Waals surface area contributed by atoms with Crippen molar-refractivity contribution in [2.75, 3.05) is 31.6 Å². The van der Waals surface area contributed by atoms with Gasteiger partial charge in [0.25, 0.3) is 12.3 Å². The van der Waals surface area contributed by atoms with E-state index in [1.165, 1.54) is 38.1 Å². The summed E-state index contributed by atoms with van der Waals surface area (Å²) >= 11 is 0. The minimum atomic E-state index is -2.86. The minimum absolute atomic E-state index is 0.00492. The number of pyridine rings is 1. The number of carbonyl (C=O) groups is 3. The number of halogens is 2. The van der Waals surface area contributed by atoms with Crippen LogP contribution in [0.25, 0.3) is 22.5 Å². The van der Waals surface area contributed by atoms with Crippen LogP contribution in [0, 0.1) is 11.8 Å². The molecule has 5 aromatic rings. The van der Waals surface area contributed by atoms with E-state index in [4.69, 9.17) is 9.15 Å². The van der Waals surface area contributed by atoms with Crippen LogP contribution in [0.1, 0.15) is 136 Å². The van der Waals surface area contributed by atoms with Crippen LogP contribution in [-0.2, 0) is 34.2 Å². The zero-order valence-corrected chi connectivity index (χ0v) is 36.6. The van der Waals surface area contributed by atoms with E-state index < -0.39 is 24.1 Å². The van der Waals surface area contributed by atoms with Crippen LogP contribution >= 0.6 is 0 Å². The number of rotatable bonds is 20. The fraction of sp³-hybridized carbons (Fsp3) is 0.562. The number of Topliss-reactive ketones (excluding diaryl/α,β-unsaturated/α-hetero) is 2. The summed E-state index contributed by atoms with van der Waals surface area (Å²) in [6.45, 7) is 3.22. The maximum absolute atomic E-state index is 14.2. The molecule has 1 amide bonds. The molecule has 0 spiro atoms. The average Bonchev–Trinajstić information content (AvgIpc) is 4.20. The van der Waals surface area contributed by atoms with Crippen molar-refractivity contribution in [2.45, 2.75) is 127 Å². The van der Waals surface area contributed by atoms with E-state index in [2.05, 4.69) is 25.3 Å². The zero-order chi connectivity index (χ0) is 44.3. The van der Waals surface area contributed by atoms with Crippen molar-refractivity contribution in [3.05, 3.63) is 82.1 Å². The molecule has 1 N–H and O–H groups in total. The number of nitrogens with zero attached hydrogens (tertiary/aromatic N) is 7. The second-order valence-corrected chi connectivity index (χ2v) is 18.4. The fourth-order valence-corrected chi connectivity index (χ4v) is 9.83. The SMILES string of the molecule is Cn1c(=O)n(C2CCC(=O)CC2=O)c2cccc(CCCOCCCN(CC3CCC(n4cc(NC(=O)c5coc(-c6ccnc(CCC7CC7)c6)n5)c(C(F)F)n4)CC3)C3CC3)c21. The molecule has 4 aromatic heterocycles. The molecule has 4 heterocycles. The molecule has 1 unspecified atom stereocenters. The Morgan fingerprint density at radius 3 is 2.55 bits per heavy atom. The Hall–Kier alpha value is -5.35. The van der Waals surface area contributed by atoms with Crippen molar-refractivity contribution in [1.29, 1.82) is 0 Å². The van der Waals surface area contributed by atoms with E-state index in [0.29, 0.717) is 43.6 Å². The summed E-state index contributed by atoms with van der Waals surface area (Å²) in [6.07, 6.45) is 15.1. The zero-order valence-electron chi connectivity index (χ0n) is 36.6. The number of ketones is 2. The molecule has 4 fully saturated rings. The number of benzene rings is 1. The number of oxazole rings is 1. The topological polar surface area (TPSA) is 159 Å². The molecule has 1 aromatic carbocycles. The first-order chi connectivity index (χ1) is 31.1. The maximum Gasteiger partial charge on any atom is 0.329 e. The third-order valence-electron chi connectivity index (χ3n) is 13.7. The number of hydrogen-bond acceptors (Lipinski definition) is 10. The van der Waals surface area contributed by atoms with Crippen LogP contribution in [-0.4, -0.2) is 83.6 Å². The first-order valence-corrected chi connectivity index (χ1v) is 23.2. The average molecular weight is 881 g/mol. The van der Waals surface area contributed by atoms with Gasteiger partial charge in [0, 0.05) is 69.5 Å². The summed E-state index contributed by atoms with van der Waals surface area (Å²) in [5.74, 6) is 0.664. The molecule has 16 heteroatoms. The lowest BCUT2D eigenvalue weighted by Crippen LogP contribution is -2.35. The number of imidazole rings is 1. The highest BCUT2D eigenvalue weighted by atomic mass is 19.3. The Morgan fingerprint density at radius 1 is 0.984 bits per heavy atom. The summed E-state index contributed by atoms with van der Waals surface area (Å²) < 4.78 is 45.0. The third kappa shape index (κ3) is 10.1. The Labute approximate surface area is 370 Å². The van der Waals surface area contributed by atoms with Crippen molar-refractivity contribution in [3.8, 4) is 11.5 Å². The Bertz CT molecular complexity index is 2530. The lowest BCUT2D eigenvalue weighted by atomic mass is 9.85. The molecule has 9 rings (SSSR count). The molecular weight excluding hydrogens is 823 g/mol. The Kier molecular flexibility index (Phi) is 13.3. The number of aromatic nitrogens is 6. The van der Waals surface area contributed by atoms with Crippen LogP contribution in [0.5, 0.6) is 0 Å². The van der Waals surface area contributed by atoms with Gasteiger partial charge in [0.1, 0.15) is 12.0 Å². The molecule has 4 aliphatic rings. The van der Waals surface area contributed by atoms with E-state index in [1.807, 2.05) is 24.3 Å². The standard InChI is InChI=1S/C48H58F2N8O6/c1-55-44-32(5-2-7-41(44)58(48(55)62)40-19-18-37(59)26-42(40)60)6-3-23-63-24-4-22-56(35-16-17-35)27-31-11-14-36(15-12-31)57-28-38(43(54-57)45(49)50)52-46(61)39-29-64-47(53-39)33-20-21-51-34(25-33)13-10-30-8-9-30/h2,5,7,20-21,25,28-31,35-36,40,45H,3-4,6,8-19,22-24,26-27H2,1H3,(H,52,61). The van der Waals surface area contributed by atoms with Crippen LogP contribution in [0.4, 0.5) is 14.5 Å². The highest BCUT2D eigenvalue weighted by Crippen LogP contribution is 2.38. The number of ether oxygens (including phenoxy) is 1. The predicted octanol–water partition coefficient (Wildman–Crippen LogP) is 8.22. The van der Waals surface area contributed by atoms with Crippen LogP contribution in [0.2, 0.25) is 0 Å². The molecule has 4 aliphatic carbocycles. The second-order valence-electron chi connectivity index (χ2n) is 18.4. The lowest BCUT2D eigenvalue weighted by molar-refractivity contribution is -0.132. The fourth-order valence-electron chi connectivity index (χ4n) is 9.83. The second kappa shape index (κ2) is 19.4. The number of hydrogen-bond donors (Lipinski definition) is 1. The quantitative estimate of drug-likeness (QED) is 0.0596. The van der Waals surface area contributed by atoms with E-state index >= 15 is 0 Å². The Morgan fingerprint density at radius 2 is 1.78 bits per heavy atom. The number of fused-ring (bicyclic) bond motifs is 1. The van der Waals surface area contributed by atoms with Gasteiger partial charge in [-0.15, -0.1) is 0 Å². The smallest absolute Gasteiger partial charge is 0.329 e. The molecule has 0 bridgehead atoms. The van der Waals surface area contributed by atoms with Crippen LogP contribution < -0.4 is 11.0 Å². The van der Waals surface area contributed by atoms with E-state index in [1.54, 1.807) is 33.1 Å².